The van der Waals surface area contributed by atoms with Crippen molar-refractivity contribution in [2.45, 2.75) is 30.6 Å². The molecule has 1 atom stereocenters. The van der Waals surface area contributed by atoms with Gasteiger partial charge in [0, 0.05) is 18.7 Å². The summed E-state index contributed by atoms with van der Waals surface area (Å²) in [7, 11) is -3.52. The zero-order valence-electron chi connectivity index (χ0n) is 15.1. The van der Waals surface area contributed by atoms with Gasteiger partial charge in [-0.1, -0.05) is 53.2 Å². The Morgan fingerprint density at radius 3 is 2.56 bits per heavy atom. The number of hydrogen-bond donors (Lipinski definition) is 0. The smallest absolute Gasteiger partial charge is 0.243 e. The predicted octanol–water partition coefficient (Wildman–Crippen LogP) is 3.61. The summed E-state index contributed by atoms with van der Waals surface area (Å²) in [5.41, 5.74) is 1.91. The number of nitrogens with zero attached hydrogens (tertiary/aromatic N) is 3. The number of sulfonamides is 1. The van der Waals surface area contributed by atoms with Crippen molar-refractivity contribution in [3.05, 3.63) is 66.1 Å². The lowest BCUT2D eigenvalue weighted by molar-refractivity contribution is 0.265. The van der Waals surface area contributed by atoms with Crippen LogP contribution in [0.4, 0.5) is 0 Å². The van der Waals surface area contributed by atoms with Crippen molar-refractivity contribution in [3.63, 3.8) is 0 Å². The van der Waals surface area contributed by atoms with Gasteiger partial charge in [-0.3, -0.25) is 0 Å². The molecule has 1 saturated heterocycles. The van der Waals surface area contributed by atoms with Crippen LogP contribution >= 0.6 is 0 Å². The van der Waals surface area contributed by atoms with E-state index in [9.17, 15) is 8.42 Å². The molecule has 0 amide bonds. The van der Waals surface area contributed by atoms with Crippen LogP contribution in [0.25, 0.3) is 11.4 Å². The molecule has 1 fully saturated rings. The molecule has 2 heterocycles. The van der Waals surface area contributed by atoms with Gasteiger partial charge in [0.2, 0.25) is 21.7 Å². The van der Waals surface area contributed by atoms with Crippen LogP contribution < -0.4 is 0 Å². The molecule has 2 aromatic carbocycles. The molecule has 0 unspecified atom stereocenters. The predicted molar refractivity (Wildman–Crippen MR) is 102 cm³/mol. The van der Waals surface area contributed by atoms with Gasteiger partial charge >= 0.3 is 0 Å². The number of aryl methyl sites for hydroxylation is 1. The Kier molecular flexibility index (Phi) is 4.80. The number of rotatable bonds is 4. The summed E-state index contributed by atoms with van der Waals surface area (Å²) in [4.78, 5) is 4.83. The summed E-state index contributed by atoms with van der Waals surface area (Å²) in [6.07, 6.45) is 1.59. The molecule has 0 radical (unpaired) electrons. The Morgan fingerprint density at radius 1 is 1.07 bits per heavy atom. The van der Waals surface area contributed by atoms with Crippen molar-refractivity contribution in [3.8, 4) is 11.4 Å². The van der Waals surface area contributed by atoms with Crippen LogP contribution in [0.3, 0.4) is 0 Å². The van der Waals surface area contributed by atoms with Gasteiger partial charge in [-0.2, -0.15) is 9.29 Å². The molecule has 0 aliphatic carbocycles. The SMILES string of the molecule is Cc1ccc(S(=O)(=O)N2CCC[C@H](c3nc(-c4ccccc4)no3)C2)cc1. The van der Waals surface area contributed by atoms with Crippen LogP contribution in [0, 0.1) is 6.92 Å². The maximum atomic E-state index is 13.0. The molecule has 0 saturated carbocycles. The van der Waals surface area contributed by atoms with E-state index >= 15 is 0 Å². The van der Waals surface area contributed by atoms with Gasteiger partial charge in [-0.25, -0.2) is 8.42 Å². The van der Waals surface area contributed by atoms with E-state index in [0.717, 1.165) is 24.0 Å². The second-order valence-corrected chi connectivity index (χ2v) is 8.78. The maximum Gasteiger partial charge on any atom is 0.243 e. The zero-order chi connectivity index (χ0) is 18.9. The minimum absolute atomic E-state index is 0.0936. The fraction of sp³-hybridized carbons (Fsp3) is 0.300. The molecule has 4 rings (SSSR count). The van der Waals surface area contributed by atoms with Crippen molar-refractivity contribution in [1.82, 2.24) is 14.4 Å². The summed E-state index contributed by atoms with van der Waals surface area (Å²) in [6.45, 7) is 2.80. The third-order valence-corrected chi connectivity index (χ3v) is 6.75. The Labute approximate surface area is 158 Å². The molecular formula is C20H21N3O3S. The van der Waals surface area contributed by atoms with Gasteiger partial charge in [0.15, 0.2) is 0 Å². The monoisotopic (exact) mass is 383 g/mol. The summed E-state index contributed by atoms with van der Waals surface area (Å²) in [5.74, 6) is 0.936. The van der Waals surface area contributed by atoms with Gasteiger partial charge in [0.05, 0.1) is 10.8 Å². The van der Waals surface area contributed by atoms with Gasteiger partial charge in [-0.15, -0.1) is 0 Å². The Balaban J connectivity index is 1.55. The summed E-state index contributed by atoms with van der Waals surface area (Å²) < 4.78 is 32.9. The average Bonchev–Trinajstić information content (AvgIpc) is 3.19. The molecule has 7 heteroatoms. The van der Waals surface area contributed by atoms with E-state index in [1.54, 1.807) is 12.1 Å². The van der Waals surface area contributed by atoms with Crippen LogP contribution in [-0.4, -0.2) is 36.0 Å². The molecule has 3 aromatic rings. The maximum absolute atomic E-state index is 13.0. The number of benzene rings is 2. The molecule has 6 nitrogen and oxygen atoms in total. The normalized spacial score (nSPS) is 18.5. The molecule has 0 bridgehead atoms. The highest BCUT2D eigenvalue weighted by Gasteiger charge is 2.33. The molecule has 0 N–H and O–H groups in total. The first kappa shape index (κ1) is 17.9. The van der Waals surface area contributed by atoms with Crippen molar-refractivity contribution in [2.75, 3.05) is 13.1 Å². The van der Waals surface area contributed by atoms with E-state index in [2.05, 4.69) is 10.1 Å². The Morgan fingerprint density at radius 2 is 1.81 bits per heavy atom. The van der Waals surface area contributed by atoms with Gasteiger partial charge < -0.3 is 4.52 Å². The highest BCUT2D eigenvalue weighted by Crippen LogP contribution is 2.30. The Bertz CT molecular complexity index is 1010. The molecule has 1 aliphatic heterocycles. The van der Waals surface area contributed by atoms with Crippen LogP contribution in [0.1, 0.15) is 30.2 Å². The standard InChI is InChI=1S/C20H21N3O3S/c1-15-9-11-18(12-10-15)27(24,25)23-13-5-8-17(14-23)20-21-19(22-26-20)16-6-3-2-4-7-16/h2-4,6-7,9-12,17H,5,8,13-14H2,1H3/t17-/m0/s1. The van der Waals surface area contributed by atoms with Crippen LogP contribution in [-0.2, 0) is 10.0 Å². The van der Waals surface area contributed by atoms with Crippen LogP contribution in [0.15, 0.2) is 64.0 Å². The molecule has 27 heavy (non-hydrogen) atoms. The first-order valence-electron chi connectivity index (χ1n) is 9.00. The van der Waals surface area contributed by atoms with Gasteiger partial charge in [0.1, 0.15) is 0 Å². The fourth-order valence-electron chi connectivity index (χ4n) is 3.33. The number of piperidine rings is 1. The van der Waals surface area contributed by atoms with E-state index < -0.39 is 10.0 Å². The number of aromatic nitrogens is 2. The highest BCUT2D eigenvalue weighted by atomic mass is 32.2. The second-order valence-electron chi connectivity index (χ2n) is 6.84. The van der Waals surface area contributed by atoms with Gasteiger partial charge in [0.25, 0.3) is 0 Å². The lowest BCUT2D eigenvalue weighted by Gasteiger charge is -2.30. The highest BCUT2D eigenvalue weighted by molar-refractivity contribution is 7.89. The van der Waals surface area contributed by atoms with E-state index in [1.165, 1.54) is 4.31 Å². The van der Waals surface area contributed by atoms with Gasteiger partial charge in [-0.05, 0) is 31.9 Å². The van der Waals surface area contributed by atoms with Crippen molar-refractivity contribution in [2.24, 2.45) is 0 Å². The molecular weight excluding hydrogens is 362 g/mol. The first-order valence-corrected chi connectivity index (χ1v) is 10.4. The van der Waals surface area contributed by atoms with E-state index in [4.69, 9.17) is 4.52 Å². The lowest BCUT2D eigenvalue weighted by Crippen LogP contribution is -2.39. The third-order valence-electron chi connectivity index (χ3n) is 4.87. The second kappa shape index (κ2) is 7.25. The Hall–Kier alpha value is -2.51. The number of hydrogen-bond acceptors (Lipinski definition) is 5. The molecule has 0 spiro atoms. The fourth-order valence-corrected chi connectivity index (χ4v) is 4.85. The molecule has 1 aromatic heterocycles. The molecule has 1 aliphatic rings. The van der Waals surface area contributed by atoms with Crippen molar-refractivity contribution in [1.29, 1.82) is 0 Å². The van der Waals surface area contributed by atoms with E-state index in [1.807, 2.05) is 49.4 Å². The first-order chi connectivity index (χ1) is 13.0. The molecule has 140 valence electrons. The van der Waals surface area contributed by atoms with Crippen LogP contribution in [0.2, 0.25) is 0 Å². The largest absolute Gasteiger partial charge is 0.339 e. The van der Waals surface area contributed by atoms with E-state index in [0.29, 0.717) is 29.7 Å². The van der Waals surface area contributed by atoms with Crippen LogP contribution in [0.5, 0.6) is 0 Å². The van der Waals surface area contributed by atoms with E-state index in [-0.39, 0.29) is 5.92 Å². The quantitative estimate of drug-likeness (QED) is 0.688. The summed E-state index contributed by atoms with van der Waals surface area (Å²) >= 11 is 0. The topological polar surface area (TPSA) is 76.3 Å². The minimum Gasteiger partial charge on any atom is -0.339 e. The van der Waals surface area contributed by atoms with Crippen molar-refractivity contribution >= 4 is 10.0 Å². The average molecular weight is 383 g/mol. The summed E-state index contributed by atoms with van der Waals surface area (Å²) in [6, 6.07) is 16.6. The third kappa shape index (κ3) is 3.65. The zero-order valence-corrected chi connectivity index (χ0v) is 15.9. The minimum atomic E-state index is -3.52. The van der Waals surface area contributed by atoms with Crippen molar-refractivity contribution < 1.29 is 12.9 Å². The lowest BCUT2D eigenvalue weighted by atomic mass is 10.00. The summed E-state index contributed by atoms with van der Waals surface area (Å²) in [5, 5.41) is 4.06.